The first-order valence-corrected chi connectivity index (χ1v) is 12.4. The molecule has 4 nitrogen and oxygen atoms in total. The fraction of sp³-hybridized carbons (Fsp3) is 0.952. The first-order chi connectivity index (χ1) is 12.6. The topological polar surface area (TPSA) is 80.6 Å². The van der Waals surface area contributed by atoms with Gasteiger partial charge in [0.25, 0.3) is 0 Å². The zero-order valence-electron chi connectivity index (χ0n) is 17.2. The summed E-state index contributed by atoms with van der Waals surface area (Å²) in [6.07, 6.45) is 19.4. The van der Waals surface area contributed by atoms with Gasteiger partial charge in [0.2, 0.25) is 0 Å². The molecule has 0 fully saturated rings. The predicted molar refractivity (Wildman–Crippen MR) is 108 cm³/mol. The molecule has 152 valence electrons. The standard InChI is InChI=1S/C18H36O2.C3H7O2.Ca/c1-2-3-4-5-6-7-8-9-10-11-12-13-14-15-16-17-18(19)20;1-3(5)2-4;/h2-17H2,1H3,(H,19,20);3-5H,1-2H2;/q;;+1/p-1. The summed E-state index contributed by atoms with van der Waals surface area (Å²) in [7, 11) is 0. The van der Waals surface area contributed by atoms with Gasteiger partial charge in [-0.25, -0.2) is 0 Å². The molecule has 0 aliphatic heterocycles. The van der Waals surface area contributed by atoms with Crippen LogP contribution >= 0.6 is 0 Å². The van der Waals surface area contributed by atoms with Gasteiger partial charge in [-0.05, 0) is 12.8 Å². The summed E-state index contributed by atoms with van der Waals surface area (Å²) < 4.78 is 0.760. The monoisotopic (exact) mass is 398 g/mol. The van der Waals surface area contributed by atoms with Crippen LogP contribution in [0.25, 0.3) is 0 Å². The number of aliphatic hydroxyl groups excluding tert-OH is 2. The molecule has 0 spiro atoms. The van der Waals surface area contributed by atoms with Gasteiger partial charge in [-0.1, -0.05) is 96.8 Å². The van der Waals surface area contributed by atoms with Crippen LogP contribution in [0.2, 0.25) is 2.52 Å². The van der Waals surface area contributed by atoms with Crippen LogP contribution in [0, 0.1) is 0 Å². The fourth-order valence-electron chi connectivity index (χ4n) is 2.73. The number of aliphatic carboxylic acids is 1. The molecule has 0 saturated carbocycles. The van der Waals surface area contributed by atoms with E-state index in [-0.39, 0.29) is 13.0 Å². The second kappa shape index (κ2) is 25.6. The van der Waals surface area contributed by atoms with Crippen molar-refractivity contribution in [1.82, 2.24) is 0 Å². The Balaban J connectivity index is 0. The Bertz CT molecular complexity index is 271. The van der Waals surface area contributed by atoms with E-state index in [2.05, 4.69) is 6.92 Å². The summed E-state index contributed by atoms with van der Waals surface area (Å²) in [5.41, 5.74) is 0. The van der Waals surface area contributed by atoms with Crippen molar-refractivity contribution in [2.45, 2.75) is 118 Å². The normalized spacial score (nSPS) is 11.7. The van der Waals surface area contributed by atoms with Crippen molar-refractivity contribution in [2.75, 3.05) is 6.61 Å². The quantitative estimate of drug-likeness (QED) is 0.271. The molecule has 0 saturated heterocycles. The molecule has 26 heavy (non-hydrogen) atoms. The van der Waals surface area contributed by atoms with E-state index in [1.54, 1.807) is 0 Å². The summed E-state index contributed by atoms with van der Waals surface area (Å²) in [6.45, 7) is 2.18. The molecule has 5 heteroatoms. The Kier molecular flexibility index (Phi) is 28.5. The molecule has 0 aromatic heterocycles. The zero-order valence-corrected chi connectivity index (χ0v) is 19.4. The number of carbonyl (C=O) groups excluding carboxylic acids is 1. The zero-order chi connectivity index (χ0) is 19.9. The molecule has 0 amide bonds. The minimum atomic E-state index is -0.903. The van der Waals surface area contributed by atoms with Crippen LogP contribution in [0.5, 0.6) is 0 Å². The Labute approximate surface area is 185 Å². The third-order valence-electron chi connectivity index (χ3n) is 4.53. The van der Waals surface area contributed by atoms with Crippen LogP contribution in [0.4, 0.5) is 0 Å². The third kappa shape index (κ3) is 29.4. The van der Waals surface area contributed by atoms with E-state index in [4.69, 9.17) is 10.2 Å². The molecule has 0 radical (unpaired) electrons. The van der Waals surface area contributed by atoms with Gasteiger partial charge in [0, 0.05) is 5.97 Å². The van der Waals surface area contributed by atoms with E-state index in [1.165, 1.54) is 83.5 Å². The van der Waals surface area contributed by atoms with Gasteiger partial charge >= 0.3 is 61.2 Å². The first kappa shape index (κ1) is 28.9. The summed E-state index contributed by atoms with van der Waals surface area (Å²) >= 11 is 1.06. The second-order valence-corrected chi connectivity index (χ2v) is 8.10. The van der Waals surface area contributed by atoms with E-state index in [0.29, 0.717) is 0 Å². The molecule has 0 aliphatic carbocycles. The van der Waals surface area contributed by atoms with E-state index in [9.17, 15) is 9.90 Å². The SMILES string of the molecule is CCCCCCCCCCCCCCCCCC(=O)[O-].OCC(O)[CH2][Ca+]. The Morgan fingerprint density at radius 3 is 1.38 bits per heavy atom. The van der Waals surface area contributed by atoms with Crippen LogP contribution in [-0.4, -0.2) is 64.7 Å². The number of aliphatic hydroxyl groups is 2. The molecule has 1 atom stereocenters. The molecular formula is C21H42CaO4. The Morgan fingerprint density at radius 2 is 1.15 bits per heavy atom. The number of carboxylic acid groups (broad SMARTS) is 1. The predicted octanol–water partition coefficient (Wildman–Crippen LogP) is 3.92. The van der Waals surface area contributed by atoms with Gasteiger partial charge in [0.05, 0.1) is 0 Å². The van der Waals surface area contributed by atoms with Crippen LogP contribution in [-0.2, 0) is 4.79 Å². The van der Waals surface area contributed by atoms with E-state index in [1.807, 2.05) is 0 Å². The molecule has 2 N–H and O–H groups in total. The summed E-state index contributed by atoms with van der Waals surface area (Å²) in [5, 5.41) is 26.8. The van der Waals surface area contributed by atoms with Crippen molar-refractivity contribution < 1.29 is 20.1 Å². The number of carboxylic acids is 1. The van der Waals surface area contributed by atoms with Gasteiger partial charge in [0.15, 0.2) is 0 Å². The van der Waals surface area contributed by atoms with Crippen LogP contribution in [0.1, 0.15) is 110 Å². The van der Waals surface area contributed by atoms with Crippen molar-refractivity contribution in [3.05, 3.63) is 0 Å². The number of hydrogen-bond acceptors (Lipinski definition) is 4. The van der Waals surface area contributed by atoms with Crippen molar-refractivity contribution in [3.8, 4) is 0 Å². The van der Waals surface area contributed by atoms with E-state index >= 15 is 0 Å². The summed E-state index contributed by atoms with van der Waals surface area (Å²) in [5.74, 6) is -0.903. The summed E-state index contributed by atoms with van der Waals surface area (Å²) in [4.78, 5) is 10.2. The maximum atomic E-state index is 10.2. The number of hydrogen-bond donors (Lipinski definition) is 2. The van der Waals surface area contributed by atoms with Gasteiger partial charge in [0.1, 0.15) is 0 Å². The van der Waals surface area contributed by atoms with Gasteiger partial charge < -0.3 is 9.90 Å². The average Bonchev–Trinajstić information content (AvgIpc) is 2.64. The van der Waals surface area contributed by atoms with Crippen molar-refractivity contribution in [2.24, 2.45) is 0 Å². The number of rotatable bonds is 18. The van der Waals surface area contributed by atoms with Crippen molar-refractivity contribution in [1.29, 1.82) is 0 Å². The van der Waals surface area contributed by atoms with Crippen molar-refractivity contribution in [3.63, 3.8) is 0 Å². The van der Waals surface area contributed by atoms with Gasteiger partial charge in [-0.2, -0.15) is 0 Å². The molecule has 0 aromatic carbocycles. The van der Waals surface area contributed by atoms with E-state index < -0.39 is 12.1 Å². The molecule has 0 rings (SSSR count). The molecule has 0 heterocycles. The van der Waals surface area contributed by atoms with E-state index in [0.717, 1.165) is 51.1 Å². The number of unbranched alkanes of at least 4 members (excludes halogenated alkanes) is 14. The number of carbonyl (C=O) groups is 1. The minimum absolute atomic E-state index is 0.0833. The molecular weight excluding hydrogens is 356 g/mol. The van der Waals surface area contributed by atoms with Gasteiger partial charge in [-0.3, -0.25) is 0 Å². The summed E-state index contributed by atoms with van der Waals surface area (Å²) in [6, 6.07) is 0. The fourth-order valence-corrected chi connectivity index (χ4v) is 3.02. The molecule has 0 aromatic rings. The van der Waals surface area contributed by atoms with Crippen molar-refractivity contribution >= 4 is 41.8 Å². The van der Waals surface area contributed by atoms with Crippen LogP contribution in [0.3, 0.4) is 0 Å². The van der Waals surface area contributed by atoms with Gasteiger partial charge in [-0.15, -0.1) is 0 Å². The average molecular weight is 399 g/mol. The molecule has 0 bridgehead atoms. The third-order valence-corrected chi connectivity index (χ3v) is 5.57. The molecule has 0 aliphatic rings. The Morgan fingerprint density at radius 1 is 0.808 bits per heavy atom. The maximum absolute atomic E-state index is 10.2. The van der Waals surface area contributed by atoms with Crippen LogP contribution in [0.15, 0.2) is 0 Å². The Hall–Kier alpha value is 0.650. The van der Waals surface area contributed by atoms with Crippen LogP contribution < -0.4 is 5.11 Å². The molecule has 1 unspecified atom stereocenters. The second-order valence-electron chi connectivity index (χ2n) is 7.20. The first-order valence-electron chi connectivity index (χ1n) is 10.9.